The van der Waals surface area contributed by atoms with Crippen molar-refractivity contribution < 1.29 is 4.84 Å². The van der Waals surface area contributed by atoms with Crippen LogP contribution in [0, 0.1) is 0 Å². The van der Waals surface area contributed by atoms with Crippen molar-refractivity contribution in [2.45, 2.75) is 25.4 Å². The molecule has 0 atom stereocenters. The molecular formula is C10H12ClNO. The van der Waals surface area contributed by atoms with E-state index in [1.165, 1.54) is 18.4 Å². The molecule has 0 heterocycles. The summed E-state index contributed by atoms with van der Waals surface area (Å²) >= 11 is 6.10. The van der Waals surface area contributed by atoms with Crippen LogP contribution in [0.1, 0.15) is 29.9 Å². The van der Waals surface area contributed by atoms with Gasteiger partial charge in [-0.2, -0.15) is 0 Å². The van der Waals surface area contributed by atoms with E-state index in [2.05, 4.69) is 4.84 Å². The Labute approximate surface area is 82.6 Å². The van der Waals surface area contributed by atoms with Crippen LogP contribution in [0.15, 0.2) is 18.2 Å². The Morgan fingerprint density at radius 3 is 2.85 bits per heavy atom. The third-order valence-corrected chi connectivity index (χ3v) is 2.70. The average molecular weight is 198 g/mol. The lowest BCUT2D eigenvalue weighted by Gasteiger charge is -2.08. The summed E-state index contributed by atoms with van der Waals surface area (Å²) in [5.41, 5.74) is 2.35. The highest BCUT2D eigenvalue weighted by molar-refractivity contribution is 6.31. The maximum atomic E-state index is 6.10. The Hall–Kier alpha value is -0.570. The van der Waals surface area contributed by atoms with Gasteiger partial charge >= 0.3 is 0 Å². The van der Waals surface area contributed by atoms with E-state index >= 15 is 0 Å². The fourth-order valence-electron chi connectivity index (χ4n) is 1.63. The third kappa shape index (κ3) is 1.85. The zero-order valence-electron chi connectivity index (χ0n) is 7.29. The molecule has 1 aromatic carbocycles. The molecule has 0 unspecified atom stereocenters. The summed E-state index contributed by atoms with van der Waals surface area (Å²) in [4.78, 5) is 4.64. The fraction of sp³-hybridized carbons (Fsp3) is 0.400. The van der Waals surface area contributed by atoms with Crippen molar-refractivity contribution in [2.75, 3.05) is 0 Å². The van der Waals surface area contributed by atoms with Gasteiger partial charge in [-0.15, -0.1) is 0 Å². The Bertz CT molecular complexity index is 310. The predicted octanol–water partition coefficient (Wildman–Crippen LogP) is 2.61. The minimum absolute atomic E-state index is 0.451. The van der Waals surface area contributed by atoms with Crippen LogP contribution in [-0.4, -0.2) is 0 Å². The molecule has 1 aromatic rings. The second kappa shape index (κ2) is 3.66. The lowest BCUT2D eigenvalue weighted by atomic mass is 10.0. The van der Waals surface area contributed by atoms with Crippen molar-refractivity contribution in [1.29, 1.82) is 0 Å². The standard InChI is InChI=1S/C10H12ClNO/c11-9-3-1-2-8(6-13-12)10(9)7-4-5-7/h1-3,7H,4-6,12H2. The number of nitrogens with two attached hydrogens (primary N) is 1. The molecule has 2 rings (SSSR count). The van der Waals surface area contributed by atoms with Gasteiger partial charge in [0, 0.05) is 5.02 Å². The van der Waals surface area contributed by atoms with Gasteiger partial charge in [0.1, 0.15) is 0 Å². The van der Waals surface area contributed by atoms with E-state index in [0.29, 0.717) is 12.5 Å². The van der Waals surface area contributed by atoms with Crippen molar-refractivity contribution in [2.24, 2.45) is 5.90 Å². The van der Waals surface area contributed by atoms with Crippen molar-refractivity contribution in [1.82, 2.24) is 0 Å². The van der Waals surface area contributed by atoms with Crippen LogP contribution in [0.5, 0.6) is 0 Å². The highest BCUT2D eigenvalue weighted by Crippen LogP contribution is 2.44. The lowest BCUT2D eigenvalue weighted by molar-refractivity contribution is 0.123. The summed E-state index contributed by atoms with van der Waals surface area (Å²) in [5, 5.41) is 0.844. The zero-order valence-corrected chi connectivity index (χ0v) is 8.05. The Kier molecular flexibility index (Phi) is 2.54. The van der Waals surface area contributed by atoms with Gasteiger partial charge in [-0.25, -0.2) is 5.90 Å². The maximum Gasteiger partial charge on any atom is 0.0933 e. The van der Waals surface area contributed by atoms with E-state index in [-0.39, 0.29) is 0 Å². The van der Waals surface area contributed by atoms with Crippen LogP contribution >= 0.6 is 11.6 Å². The summed E-state index contributed by atoms with van der Waals surface area (Å²) in [6, 6.07) is 5.88. The smallest absolute Gasteiger partial charge is 0.0933 e. The molecule has 1 fully saturated rings. The van der Waals surface area contributed by atoms with E-state index in [0.717, 1.165) is 10.6 Å². The van der Waals surface area contributed by atoms with Crippen LogP contribution in [0.3, 0.4) is 0 Å². The highest BCUT2D eigenvalue weighted by atomic mass is 35.5. The molecule has 0 saturated heterocycles. The van der Waals surface area contributed by atoms with E-state index in [1.807, 2.05) is 18.2 Å². The van der Waals surface area contributed by atoms with Crippen molar-refractivity contribution in [3.05, 3.63) is 34.3 Å². The van der Waals surface area contributed by atoms with Gasteiger partial charge in [0.25, 0.3) is 0 Å². The third-order valence-electron chi connectivity index (χ3n) is 2.37. The first-order valence-corrected chi connectivity index (χ1v) is 4.79. The van der Waals surface area contributed by atoms with Gasteiger partial charge in [-0.1, -0.05) is 23.7 Å². The van der Waals surface area contributed by atoms with Gasteiger partial charge in [0.2, 0.25) is 0 Å². The van der Waals surface area contributed by atoms with E-state index in [9.17, 15) is 0 Å². The quantitative estimate of drug-likeness (QED) is 0.757. The normalized spacial score (nSPS) is 16.2. The van der Waals surface area contributed by atoms with E-state index in [4.69, 9.17) is 17.5 Å². The lowest BCUT2D eigenvalue weighted by Crippen LogP contribution is -2.02. The molecule has 2 nitrogen and oxygen atoms in total. The molecule has 3 heteroatoms. The summed E-state index contributed by atoms with van der Waals surface area (Å²) in [5.74, 6) is 5.69. The number of rotatable bonds is 3. The molecule has 0 bridgehead atoms. The van der Waals surface area contributed by atoms with Crippen LogP contribution in [0.25, 0.3) is 0 Å². The van der Waals surface area contributed by atoms with Gasteiger partial charge in [-0.05, 0) is 36.0 Å². The van der Waals surface area contributed by atoms with Gasteiger partial charge < -0.3 is 0 Å². The number of benzene rings is 1. The monoisotopic (exact) mass is 197 g/mol. The summed E-state index contributed by atoms with van der Waals surface area (Å²) in [6.45, 7) is 0.451. The van der Waals surface area contributed by atoms with Crippen molar-refractivity contribution in [3.8, 4) is 0 Å². The summed E-state index contributed by atoms with van der Waals surface area (Å²) in [7, 11) is 0. The van der Waals surface area contributed by atoms with Crippen molar-refractivity contribution >= 4 is 11.6 Å². The van der Waals surface area contributed by atoms with Crippen LogP contribution < -0.4 is 5.90 Å². The number of hydrogen-bond acceptors (Lipinski definition) is 2. The van der Waals surface area contributed by atoms with E-state index < -0.39 is 0 Å². The molecule has 2 N–H and O–H groups in total. The van der Waals surface area contributed by atoms with Crippen LogP contribution in [0.2, 0.25) is 5.02 Å². The second-order valence-corrected chi connectivity index (χ2v) is 3.81. The van der Waals surface area contributed by atoms with Gasteiger partial charge in [-0.3, -0.25) is 4.84 Å². The Balaban J connectivity index is 2.35. The minimum Gasteiger partial charge on any atom is -0.300 e. The first kappa shape index (κ1) is 9.00. The topological polar surface area (TPSA) is 35.2 Å². The molecule has 70 valence electrons. The molecule has 0 aromatic heterocycles. The first-order chi connectivity index (χ1) is 6.33. The SMILES string of the molecule is NOCc1cccc(Cl)c1C1CC1. The number of hydrogen-bond donors (Lipinski definition) is 1. The Morgan fingerprint density at radius 1 is 1.46 bits per heavy atom. The summed E-state index contributed by atoms with van der Waals surface area (Å²) < 4.78 is 0. The molecule has 0 amide bonds. The second-order valence-electron chi connectivity index (χ2n) is 3.40. The van der Waals surface area contributed by atoms with Crippen molar-refractivity contribution in [3.63, 3.8) is 0 Å². The minimum atomic E-state index is 0.451. The molecule has 1 aliphatic carbocycles. The maximum absolute atomic E-state index is 6.10. The fourth-order valence-corrected chi connectivity index (χ4v) is 1.97. The van der Waals surface area contributed by atoms with E-state index in [1.54, 1.807) is 0 Å². The molecule has 1 saturated carbocycles. The molecular weight excluding hydrogens is 186 g/mol. The summed E-state index contributed by atoms with van der Waals surface area (Å²) in [6.07, 6.45) is 2.47. The van der Waals surface area contributed by atoms with Gasteiger partial charge in [0.05, 0.1) is 6.61 Å². The van der Waals surface area contributed by atoms with Crippen LogP contribution in [-0.2, 0) is 11.4 Å². The number of halogens is 1. The molecule has 1 aliphatic rings. The molecule has 13 heavy (non-hydrogen) atoms. The Morgan fingerprint density at radius 2 is 2.23 bits per heavy atom. The zero-order chi connectivity index (χ0) is 9.26. The molecule has 0 radical (unpaired) electrons. The van der Waals surface area contributed by atoms with Crippen LogP contribution in [0.4, 0.5) is 0 Å². The van der Waals surface area contributed by atoms with Gasteiger partial charge in [0.15, 0.2) is 0 Å². The highest BCUT2D eigenvalue weighted by Gasteiger charge is 2.27. The molecule has 0 spiro atoms. The first-order valence-electron chi connectivity index (χ1n) is 4.42. The largest absolute Gasteiger partial charge is 0.300 e. The molecule has 0 aliphatic heterocycles. The average Bonchev–Trinajstić information content (AvgIpc) is 2.88. The predicted molar refractivity (Wildman–Crippen MR) is 52.4 cm³/mol.